The zero-order valence-electron chi connectivity index (χ0n) is 17.5. The van der Waals surface area contributed by atoms with E-state index in [1.807, 2.05) is 30.3 Å². The molecule has 6 nitrogen and oxygen atoms in total. The number of halogens is 3. The third kappa shape index (κ3) is 6.85. The summed E-state index contributed by atoms with van der Waals surface area (Å²) in [5.74, 6) is -0.186. The smallest absolute Gasteiger partial charge is 0.242 e. The Morgan fingerprint density at radius 2 is 1.67 bits per heavy atom. The highest BCUT2D eigenvalue weighted by molar-refractivity contribution is 7.89. The van der Waals surface area contributed by atoms with Crippen LogP contribution in [0.1, 0.15) is 12.5 Å². The number of amides is 1. The molecule has 0 unspecified atom stereocenters. The Morgan fingerprint density at radius 1 is 0.939 bits per heavy atom. The van der Waals surface area contributed by atoms with Gasteiger partial charge in [-0.1, -0.05) is 65.1 Å². The molecule has 0 aliphatic rings. The Balaban J connectivity index is 1.87. The van der Waals surface area contributed by atoms with E-state index in [0.717, 1.165) is 5.56 Å². The first-order valence-corrected chi connectivity index (χ1v) is 12.6. The first-order valence-electron chi connectivity index (χ1n) is 9.94. The number of hydrogen-bond acceptors (Lipinski definition) is 4. The van der Waals surface area contributed by atoms with Gasteiger partial charge in [0.05, 0.1) is 26.6 Å². The minimum absolute atomic E-state index is 0.0867. The fraction of sp³-hybridized carbons (Fsp3) is 0.174. The molecule has 1 amide bonds. The van der Waals surface area contributed by atoms with E-state index in [9.17, 15) is 13.2 Å². The molecule has 1 atom stereocenters. The van der Waals surface area contributed by atoms with Crippen molar-refractivity contribution in [3.8, 4) is 5.75 Å². The van der Waals surface area contributed by atoms with Gasteiger partial charge < -0.3 is 10.1 Å². The van der Waals surface area contributed by atoms with Crippen molar-refractivity contribution in [2.24, 2.45) is 0 Å². The van der Waals surface area contributed by atoms with Crippen LogP contribution in [0.4, 0.5) is 5.69 Å². The first kappa shape index (κ1) is 25.3. The second-order valence-corrected chi connectivity index (χ2v) is 9.94. The monoisotopic (exact) mass is 526 g/mol. The quantitative estimate of drug-likeness (QED) is 0.381. The summed E-state index contributed by atoms with van der Waals surface area (Å²) >= 11 is 18.1. The van der Waals surface area contributed by atoms with Gasteiger partial charge in [-0.2, -0.15) is 4.72 Å². The number of carbonyl (C=O) groups excluding carboxylic acids is 1. The molecule has 0 spiro atoms. The Morgan fingerprint density at radius 3 is 2.30 bits per heavy atom. The predicted molar refractivity (Wildman–Crippen MR) is 132 cm³/mol. The molecule has 0 saturated carbocycles. The van der Waals surface area contributed by atoms with Crippen LogP contribution in [0.25, 0.3) is 0 Å². The lowest BCUT2D eigenvalue weighted by Gasteiger charge is -2.19. The van der Waals surface area contributed by atoms with Crippen molar-refractivity contribution in [1.82, 2.24) is 4.72 Å². The SMILES string of the molecule is CCOc1ccc(S(=O)(=O)N[C@H](Cc2ccccc2)C(=O)Nc2ccc(Cl)c(Cl)c2)cc1Cl. The van der Waals surface area contributed by atoms with Gasteiger partial charge in [0, 0.05) is 5.69 Å². The molecule has 3 rings (SSSR count). The van der Waals surface area contributed by atoms with E-state index in [4.69, 9.17) is 39.5 Å². The van der Waals surface area contributed by atoms with Crippen LogP contribution in [0, 0.1) is 0 Å². The van der Waals surface area contributed by atoms with Crippen molar-refractivity contribution >= 4 is 56.4 Å². The van der Waals surface area contributed by atoms with Crippen LogP contribution in [-0.4, -0.2) is 27.0 Å². The molecule has 3 aromatic rings. The number of hydrogen-bond donors (Lipinski definition) is 2. The summed E-state index contributed by atoms with van der Waals surface area (Å²) in [4.78, 5) is 13.0. The molecule has 0 radical (unpaired) electrons. The zero-order valence-corrected chi connectivity index (χ0v) is 20.6. The summed E-state index contributed by atoms with van der Waals surface area (Å²) in [6, 6.07) is 16.7. The van der Waals surface area contributed by atoms with Crippen LogP contribution in [-0.2, 0) is 21.2 Å². The molecule has 0 bridgehead atoms. The summed E-state index contributed by atoms with van der Waals surface area (Å²) < 4.78 is 34.0. The second-order valence-electron chi connectivity index (χ2n) is 7.01. The highest BCUT2D eigenvalue weighted by atomic mass is 35.5. The fourth-order valence-corrected chi connectivity index (χ4v) is 4.84. The van der Waals surface area contributed by atoms with Crippen molar-refractivity contribution in [1.29, 1.82) is 0 Å². The van der Waals surface area contributed by atoms with Crippen LogP contribution < -0.4 is 14.8 Å². The molecule has 33 heavy (non-hydrogen) atoms. The molecule has 0 aliphatic heterocycles. The highest BCUT2D eigenvalue weighted by Gasteiger charge is 2.27. The maximum absolute atomic E-state index is 13.1. The molecule has 0 saturated heterocycles. The van der Waals surface area contributed by atoms with Crippen molar-refractivity contribution in [2.45, 2.75) is 24.3 Å². The van der Waals surface area contributed by atoms with E-state index >= 15 is 0 Å². The van der Waals surface area contributed by atoms with Gasteiger partial charge in [-0.25, -0.2) is 8.42 Å². The molecule has 0 heterocycles. The summed E-state index contributed by atoms with van der Waals surface area (Å²) in [7, 11) is -4.08. The number of benzene rings is 3. The molecular weight excluding hydrogens is 507 g/mol. The van der Waals surface area contributed by atoms with Crippen LogP contribution in [0.5, 0.6) is 5.75 Å². The predicted octanol–water partition coefficient (Wildman–Crippen LogP) is 5.57. The standard InChI is InChI=1S/C23H21Cl3N2O4S/c1-2-32-22-11-9-17(14-20(22)26)33(30,31)28-21(12-15-6-4-3-5-7-15)23(29)27-16-8-10-18(24)19(25)13-16/h3-11,13-14,21,28H,2,12H2,1H3,(H,27,29)/t21-/m1/s1. The number of rotatable bonds is 9. The number of carbonyl (C=O) groups is 1. The lowest BCUT2D eigenvalue weighted by atomic mass is 10.1. The van der Waals surface area contributed by atoms with Crippen LogP contribution in [0.15, 0.2) is 71.6 Å². The van der Waals surface area contributed by atoms with Gasteiger partial charge in [-0.3, -0.25) is 4.79 Å². The minimum Gasteiger partial charge on any atom is -0.492 e. The number of anilines is 1. The van der Waals surface area contributed by atoms with Crippen molar-refractivity contribution in [2.75, 3.05) is 11.9 Å². The Bertz CT molecular complexity index is 1240. The highest BCUT2D eigenvalue weighted by Crippen LogP contribution is 2.28. The van der Waals surface area contributed by atoms with Gasteiger partial charge in [0.15, 0.2) is 0 Å². The second kappa shape index (κ2) is 11.2. The normalized spacial score (nSPS) is 12.2. The number of nitrogens with one attached hydrogen (secondary N) is 2. The summed E-state index contributed by atoms with van der Waals surface area (Å²) in [5.41, 5.74) is 1.16. The van der Waals surface area contributed by atoms with Gasteiger partial charge in [0.2, 0.25) is 15.9 Å². The topological polar surface area (TPSA) is 84.5 Å². The number of sulfonamides is 1. The summed E-state index contributed by atoms with van der Waals surface area (Å²) in [5, 5.41) is 3.44. The largest absolute Gasteiger partial charge is 0.492 e. The third-order valence-electron chi connectivity index (χ3n) is 4.60. The van der Waals surface area contributed by atoms with Crippen LogP contribution in [0.2, 0.25) is 15.1 Å². The molecule has 2 N–H and O–H groups in total. The Hall–Kier alpha value is -2.29. The van der Waals surface area contributed by atoms with E-state index in [0.29, 0.717) is 23.1 Å². The maximum atomic E-state index is 13.1. The molecule has 0 fully saturated rings. The van der Waals surface area contributed by atoms with E-state index in [1.54, 1.807) is 13.0 Å². The summed E-state index contributed by atoms with van der Waals surface area (Å²) in [6.45, 7) is 2.18. The third-order valence-corrected chi connectivity index (χ3v) is 7.10. The van der Waals surface area contributed by atoms with Gasteiger partial charge >= 0.3 is 0 Å². The molecule has 0 aliphatic carbocycles. The molecule has 174 valence electrons. The van der Waals surface area contributed by atoms with Gasteiger partial charge in [-0.05, 0) is 55.3 Å². The van der Waals surface area contributed by atoms with Crippen molar-refractivity contribution in [3.05, 3.63) is 87.4 Å². The average molecular weight is 528 g/mol. The lowest BCUT2D eigenvalue weighted by Crippen LogP contribution is -2.45. The average Bonchev–Trinajstić information content (AvgIpc) is 2.78. The maximum Gasteiger partial charge on any atom is 0.242 e. The van der Waals surface area contributed by atoms with E-state index in [-0.39, 0.29) is 21.4 Å². The molecule has 10 heteroatoms. The summed E-state index contributed by atoms with van der Waals surface area (Å²) in [6.07, 6.45) is 0.123. The number of ether oxygens (including phenoxy) is 1. The van der Waals surface area contributed by atoms with Crippen molar-refractivity contribution < 1.29 is 17.9 Å². The van der Waals surface area contributed by atoms with Crippen molar-refractivity contribution in [3.63, 3.8) is 0 Å². The Kier molecular flexibility index (Phi) is 8.62. The van der Waals surface area contributed by atoms with Gasteiger partial charge in [0.25, 0.3) is 0 Å². The first-order chi connectivity index (χ1) is 15.7. The molecular formula is C23H21Cl3N2O4S. The Labute approximate surface area is 207 Å². The van der Waals surface area contributed by atoms with Crippen LogP contribution in [0.3, 0.4) is 0 Å². The van der Waals surface area contributed by atoms with Crippen LogP contribution >= 0.6 is 34.8 Å². The molecule has 0 aromatic heterocycles. The van der Waals surface area contributed by atoms with E-state index in [2.05, 4.69) is 10.0 Å². The minimum atomic E-state index is -4.08. The fourth-order valence-electron chi connectivity index (χ4n) is 3.02. The molecule has 3 aromatic carbocycles. The van der Waals surface area contributed by atoms with Gasteiger partial charge in [0.1, 0.15) is 11.8 Å². The lowest BCUT2D eigenvalue weighted by molar-refractivity contribution is -0.117. The van der Waals surface area contributed by atoms with Gasteiger partial charge in [-0.15, -0.1) is 0 Å². The zero-order chi connectivity index (χ0) is 24.0. The van der Waals surface area contributed by atoms with E-state index < -0.39 is 22.0 Å². The van der Waals surface area contributed by atoms with E-state index in [1.165, 1.54) is 30.3 Å².